The number of amides is 1. The fourth-order valence-electron chi connectivity index (χ4n) is 2.57. The minimum Gasteiger partial charge on any atom is -0.395 e. The number of carbonyl (C=O) groups excluding carboxylic acids is 1. The van der Waals surface area contributed by atoms with Crippen LogP contribution in [-0.4, -0.2) is 40.2 Å². The van der Waals surface area contributed by atoms with E-state index >= 15 is 0 Å². The second-order valence-corrected chi connectivity index (χ2v) is 7.20. The van der Waals surface area contributed by atoms with Crippen molar-refractivity contribution in [1.29, 1.82) is 0 Å². The zero-order chi connectivity index (χ0) is 21.2. The summed E-state index contributed by atoms with van der Waals surface area (Å²) in [6, 6.07) is 13.5. The van der Waals surface area contributed by atoms with Gasteiger partial charge in [0.1, 0.15) is 11.5 Å². The van der Waals surface area contributed by atoms with E-state index in [9.17, 15) is 4.79 Å². The van der Waals surface area contributed by atoms with Gasteiger partial charge in [-0.15, -0.1) is 0 Å². The van der Waals surface area contributed by atoms with Gasteiger partial charge in [-0.05, 0) is 56.2 Å². The Kier molecular flexibility index (Phi) is 8.70. The van der Waals surface area contributed by atoms with Crippen molar-refractivity contribution in [2.24, 2.45) is 0 Å². The highest BCUT2D eigenvalue weighted by Gasteiger charge is 2.11. The molecule has 6 nitrogen and oxygen atoms in total. The van der Waals surface area contributed by atoms with Gasteiger partial charge < -0.3 is 20.7 Å². The molecule has 1 amide bonds. The average molecular weight is 415 g/mol. The van der Waals surface area contributed by atoms with Crippen LogP contribution in [0.5, 0.6) is 0 Å². The summed E-state index contributed by atoms with van der Waals surface area (Å²) in [7, 11) is 0. The summed E-state index contributed by atoms with van der Waals surface area (Å²) in [5, 5.41) is 15.4. The van der Waals surface area contributed by atoms with Gasteiger partial charge in [-0.25, -0.2) is 4.98 Å². The summed E-state index contributed by atoms with van der Waals surface area (Å²) in [5.41, 5.74) is 3.46. The fraction of sp³-hybridized carbons (Fsp3) is 0.273. The van der Waals surface area contributed by atoms with E-state index in [1.54, 1.807) is 12.3 Å². The van der Waals surface area contributed by atoms with Crippen molar-refractivity contribution in [3.05, 3.63) is 71.1 Å². The Balaban J connectivity index is 0.000000360. The number of H-pyrrole nitrogens is 1. The third kappa shape index (κ3) is 7.25. The van der Waals surface area contributed by atoms with Crippen LogP contribution in [0.4, 0.5) is 5.82 Å². The average Bonchev–Trinajstić information content (AvgIpc) is 3.18. The van der Waals surface area contributed by atoms with Gasteiger partial charge in [0.15, 0.2) is 0 Å². The first-order valence-electron chi connectivity index (χ1n) is 9.42. The third-order valence-corrected chi connectivity index (χ3v) is 4.16. The van der Waals surface area contributed by atoms with Crippen LogP contribution in [0.2, 0.25) is 5.02 Å². The molecule has 29 heavy (non-hydrogen) atoms. The van der Waals surface area contributed by atoms with Crippen LogP contribution < -0.4 is 10.6 Å². The Bertz CT molecular complexity index is 910. The van der Waals surface area contributed by atoms with Crippen molar-refractivity contribution >= 4 is 23.3 Å². The zero-order valence-corrected chi connectivity index (χ0v) is 17.6. The monoisotopic (exact) mass is 414 g/mol. The molecule has 0 saturated carbocycles. The Hall–Kier alpha value is -2.83. The predicted octanol–water partition coefficient (Wildman–Crippen LogP) is 4.27. The molecule has 0 unspecified atom stereocenters. The highest BCUT2D eigenvalue weighted by molar-refractivity contribution is 6.30. The topological polar surface area (TPSA) is 90.0 Å². The molecule has 0 fully saturated rings. The first-order valence-corrected chi connectivity index (χ1v) is 9.80. The normalized spacial score (nSPS) is 10.3. The van der Waals surface area contributed by atoms with E-state index in [0.29, 0.717) is 11.7 Å². The van der Waals surface area contributed by atoms with E-state index in [1.165, 1.54) is 0 Å². The molecule has 0 saturated heterocycles. The number of halogens is 1. The molecule has 4 N–H and O–H groups in total. The molecule has 3 aromatic rings. The van der Waals surface area contributed by atoms with Crippen molar-refractivity contribution in [3.63, 3.8) is 0 Å². The number of rotatable bonds is 6. The van der Waals surface area contributed by atoms with Crippen LogP contribution in [0.15, 0.2) is 54.9 Å². The third-order valence-electron chi connectivity index (χ3n) is 3.91. The summed E-state index contributed by atoms with van der Waals surface area (Å²) >= 11 is 5.54. The molecule has 7 heteroatoms. The van der Waals surface area contributed by atoms with E-state index < -0.39 is 0 Å². The van der Waals surface area contributed by atoms with Gasteiger partial charge in [-0.2, -0.15) is 0 Å². The first kappa shape index (κ1) is 22.5. The largest absolute Gasteiger partial charge is 0.395 e. The van der Waals surface area contributed by atoms with Gasteiger partial charge >= 0.3 is 0 Å². The van der Waals surface area contributed by atoms with Crippen LogP contribution in [0.25, 0.3) is 11.1 Å². The second-order valence-electron chi connectivity index (χ2n) is 6.76. The molecule has 0 atom stereocenters. The van der Waals surface area contributed by atoms with Gasteiger partial charge in [-0.1, -0.05) is 29.8 Å². The molecule has 2 aromatic heterocycles. The Morgan fingerprint density at radius 3 is 2.55 bits per heavy atom. The molecule has 154 valence electrons. The molecular weight excluding hydrogens is 388 g/mol. The number of benzene rings is 1. The summed E-state index contributed by atoms with van der Waals surface area (Å²) in [6.45, 7) is 6.26. The lowest BCUT2D eigenvalue weighted by molar-refractivity contribution is 0.0940. The minimum atomic E-state index is -0.229. The number of aromatic amines is 1. The van der Waals surface area contributed by atoms with Crippen molar-refractivity contribution in [3.8, 4) is 11.1 Å². The number of carbonyl (C=O) groups is 1. The molecule has 0 aliphatic rings. The molecule has 0 aliphatic heterocycles. The van der Waals surface area contributed by atoms with Crippen molar-refractivity contribution in [2.45, 2.75) is 26.8 Å². The molecule has 1 aromatic carbocycles. The van der Waals surface area contributed by atoms with Gasteiger partial charge in [0.05, 0.1) is 6.61 Å². The maximum absolute atomic E-state index is 11.9. The Morgan fingerprint density at radius 2 is 1.97 bits per heavy atom. The molecule has 0 spiro atoms. The van der Waals surface area contributed by atoms with Gasteiger partial charge in [0, 0.05) is 35.6 Å². The number of nitrogens with one attached hydrogen (secondary N) is 3. The molecule has 3 rings (SSSR count). The van der Waals surface area contributed by atoms with E-state index in [2.05, 4.69) is 34.4 Å². The van der Waals surface area contributed by atoms with Gasteiger partial charge in [0.25, 0.3) is 5.91 Å². The first-order chi connectivity index (χ1) is 13.9. The fourth-order valence-corrected chi connectivity index (χ4v) is 2.72. The van der Waals surface area contributed by atoms with E-state index in [4.69, 9.17) is 16.7 Å². The number of aryl methyl sites for hydroxylation is 1. The number of pyridine rings is 1. The van der Waals surface area contributed by atoms with E-state index in [-0.39, 0.29) is 19.1 Å². The second kappa shape index (κ2) is 11.2. The molecule has 0 aliphatic carbocycles. The molecular formula is C22H27ClN4O2. The van der Waals surface area contributed by atoms with Crippen LogP contribution >= 0.6 is 11.6 Å². The highest BCUT2D eigenvalue weighted by Crippen LogP contribution is 2.26. The summed E-state index contributed by atoms with van der Waals surface area (Å²) < 4.78 is 0. The smallest absolute Gasteiger partial charge is 0.267 e. The number of nitrogens with zero attached hydrogens (tertiary/aromatic N) is 1. The lowest BCUT2D eigenvalue weighted by atomic mass is 10.1. The summed E-state index contributed by atoms with van der Waals surface area (Å²) in [6.07, 6.45) is 3.62. The Labute approximate surface area is 176 Å². The van der Waals surface area contributed by atoms with E-state index in [1.807, 2.05) is 49.5 Å². The van der Waals surface area contributed by atoms with Gasteiger partial charge in [-0.3, -0.25) is 4.79 Å². The summed E-state index contributed by atoms with van der Waals surface area (Å²) in [5.74, 6) is 0.579. The van der Waals surface area contributed by atoms with Crippen LogP contribution in [0.3, 0.4) is 0 Å². The zero-order valence-electron chi connectivity index (χ0n) is 16.9. The quantitative estimate of drug-likeness (QED) is 0.485. The molecule has 0 bridgehead atoms. The lowest BCUT2D eigenvalue weighted by Gasteiger charge is -2.11. The van der Waals surface area contributed by atoms with Crippen LogP contribution in [0.1, 0.15) is 29.9 Å². The Morgan fingerprint density at radius 1 is 1.24 bits per heavy atom. The van der Waals surface area contributed by atoms with Crippen molar-refractivity contribution in [2.75, 3.05) is 18.5 Å². The van der Waals surface area contributed by atoms with Crippen molar-refractivity contribution < 1.29 is 9.90 Å². The predicted molar refractivity (Wildman–Crippen MR) is 118 cm³/mol. The minimum absolute atomic E-state index is 0.0764. The SMILES string of the molecule is Cc1cnc(NC(C)C)cc1-c1c[nH]c(C(=O)NCCO)c1.Clc1ccccc1. The van der Waals surface area contributed by atoms with Crippen LogP contribution in [-0.2, 0) is 0 Å². The number of hydrogen-bond donors (Lipinski definition) is 4. The van der Waals surface area contributed by atoms with E-state index in [0.717, 1.165) is 27.5 Å². The number of aliphatic hydroxyl groups is 1. The lowest BCUT2D eigenvalue weighted by Crippen LogP contribution is -2.26. The number of aromatic nitrogens is 2. The summed E-state index contributed by atoms with van der Waals surface area (Å²) in [4.78, 5) is 19.2. The van der Waals surface area contributed by atoms with Crippen molar-refractivity contribution in [1.82, 2.24) is 15.3 Å². The van der Waals surface area contributed by atoms with Crippen LogP contribution in [0, 0.1) is 6.92 Å². The standard InChI is InChI=1S/C16H22N4O2.C6H5Cl/c1-10(2)20-15-7-13(11(3)8-19-15)12-6-14(18-9-12)16(22)17-4-5-21;7-6-4-2-1-3-5-6/h6-10,18,21H,4-5H2,1-3H3,(H,17,22)(H,19,20);1-5H. The molecule has 2 heterocycles. The number of hydrogen-bond acceptors (Lipinski definition) is 4. The number of anilines is 1. The maximum Gasteiger partial charge on any atom is 0.267 e. The van der Waals surface area contributed by atoms with Gasteiger partial charge in [0.2, 0.25) is 0 Å². The molecule has 0 radical (unpaired) electrons. The number of aliphatic hydroxyl groups excluding tert-OH is 1. The highest BCUT2D eigenvalue weighted by atomic mass is 35.5. The maximum atomic E-state index is 11.9.